The molecule has 1 aliphatic carbocycles. The van der Waals surface area contributed by atoms with Crippen molar-refractivity contribution in [3.63, 3.8) is 0 Å². The Balaban J connectivity index is 1.34. The van der Waals surface area contributed by atoms with Gasteiger partial charge in [0.15, 0.2) is 23.0 Å². The third-order valence-electron chi connectivity index (χ3n) is 6.97. The van der Waals surface area contributed by atoms with Crippen molar-refractivity contribution in [2.24, 2.45) is 0 Å². The second-order valence-corrected chi connectivity index (χ2v) is 12.0. The average Bonchev–Trinajstić information content (AvgIpc) is 3.52. The number of alkyl halides is 1. The Morgan fingerprint density at radius 1 is 1.27 bits per heavy atom. The van der Waals surface area contributed by atoms with Crippen LogP contribution in [0.5, 0.6) is 11.6 Å². The molecule has 1 aliphatic heterocycles. The van der Waals surface area contributed by atoms with Crippen molar-refractivity contribution >= 4 is 36.7 Å². The average molecular weight is 637 g/mol. The highest BCUT2D eigenvalue weighted by atomic mass is 31.2. The molecule has 2 aromatic heterocycles. The lowest BCUT2D eigenvalue weighted by Gasteiger charge is -2.28. The molecule has 0 saturated heterocycles. The maximum Gasteiger partial charge on any atom is 0.459 e. The molecule has 1 fully saturated rings. The molecule has 44 heavy (non-hydrogen) atoms. The predicted molar refractivity (Wildman–Crippen MR) is 154 cm³/mol. The van der Waals surface area contributed by atoms with Crippen LogP contribution >= 0.6 is 7.75 Å². The number of halogens is 1. The molecule has 4 atom stereocenters. The molecule has 2 unspecified atom stereocenters. The molecule has 2 aliphatic rings. The third kappa shape index (κ3) is 6.73. The molecule has 3 aromatic rings. The molecule has 0 spiro atoms. The van der Waals surface area contributed by atoms with Gasteiger partial charge >= 0.3 is 19.6 Å². The van der Waals surface area contributed by atoms with E-state index >= 15 is 4.39 Å². The van der Waals surface area contributed by atoms with Crippen molar-refractivity contribution in [3.8, 4) is 11.6 Å². The monoisotopic (exact) mass is 636 g/mol. The Hall–Kier alpha value is -3.98. The largest absolute Gasteiger partial charge is 0.505 e. The van der Waals surface area contributed by atoms with Gasteiger partial charge in [0.05, 0.1) is 6.61 Å². The summed E-state index contributed by atoms with van der Waals surface area (Å²) < 4.78 is 58.3. The summed E-state index contributed by atoms with van der Waals surface area (Å²) in [5.74, 6) is -5.43. The summed E-state index contributed by atoms with van der Waals surface area (Å²) in [7, 11) is -4.54. The summed E-state index contributed by atoms with van der Waals surface area (Å²) in [6.45, 7) is 2.15. The number of rotatable bonds is 12. The van der Waals surface area contributed by atoms with Gasteiger partial charge in [-0.05, 0) is 51.7 Å². The van der Waals surface area contributed by atoms with Crippen molar-refractivity contribution in [2.75, 3.05) is 18.9 Å². The van der Waals surface area contributed by atoms with Crippen LogP contribution in [0.4, 0.5) is 10.3 Å². The summed E-state index contributed by atoms with van der Waals surface area (Å²) in [5.41, 5.74) is 5.90. The Morgan fingerprint density at radius 3 is 2.70 bits per heavy atom. The number of hydrogen-bond acceptors (Lipinski definition) is 13. The number of para-hydroxylation sites is 1. The fraction of sp³-hybridized carbons (Fsp3) is 0.481. The number of anilines is 1. The first kappa shape index (κ1) is 31.4. The number of nitrogens with one attached hydrogen (secondary N) is 1. The Bertz CT molecular complexity index is 1570. The highest BCUT2D eigenvalue weighted by Gasteiger charge is 2.54. The number of nitrogen functional groups attached to an aromatic ring is 1. The smallest absolute Gasteiger partial charge is 0.459 e. The fourth-order valence-corrected chi connectivity index (χ4v) is 6.27. The number of aliphatic hydroxyl groups is 2. The Kier molecular flexibility index (Phi) is 9.25. The van der Waals surface area contributed by atoms with Crippen LogP contribution in [-0.4, -0.2) is 73.0 Å². The number of nitrogens with zero attached hydrogens (tertiary/aromatic N) is 4. The summed E-state index contributed by atoms with van der Waals surface area (Å²) in [6.07, 6.45) is 2.97. The van der Waals surface area contributed by atoms with E-state index < -0.39 is 50.0 Å². The minimum atomic E-state index is -4.54. The minimum absolute atomic E-state index is 0.00933. The lowest BCUT2D eigenvalue weighted by Crippen LogP contribution is -2.43. The maximum atomic E-state index is 16.1. The van der Waals surface area contributed by atoms with Crippen LogP contribution in [0.25, 0.3) is 17.0 Å². The van der Waals surface area contributed by atoms with E-state index in [1.807, 2.05) is 0 Å². The molecule has 15 nitrogen and oxygen atoms in total. The van der Waals surface area contributed by atoms with Gasteiger partial charge < -0.3 is 34.7 Å². The van der Waals surface area contributed by atoms with Gasteiger partial charge in [0, 0.05) is 0 Å². The molecule has 0 amide bonds. The summed E-state index contributed by atoms with van der Waals surface area (Å²) >= 11 is 0. The number of aliphatic hydroxyl groups excluding tert-OH is 2. The summed E-state index contributed by atoms with van der Waals surface area (Å²) in [5, 5.41) is 23.8. The first-order valence-corrected chi connectivity index (χ1v) is 15.7. The van der Waals surface area contributed by atoms with Crippen LogP contribution < -0.4 is 20.1 Å². The van der Waals surface area contributed by atoms with E-state index in [1.165, 1.54) is 19.1 Å². The van der Waals surface area contributed by atoms with E-state index in [9.17, 15) is 19.6 Å². The normalized spacial score (nSPS) is 22.8. The second kappa shape index (κ2) is 12.9. The topological polar surface area (TPSA) is 202 Å². The van der Waals surface area contributed by atoms with E-state index in [0.717, 1.165) is 43.0 Å². The van der Waals surface area contributed by atoms with Crippen molar-refractivity contribution < 1.29 is 47.2 Å². The van der Waals surface area contributed by atoms with Crippen LogP contribution in [0.1, 0.15) is 46.0 Å². The van der Waals surface area contributed by atoms with Crippen LogP contribution in [-0.2, 0) is 23.4 Å². The molecule has 1 aromatic carbocycles. The minimum Gasteiger partial charge on any atom is -0.505 e. The number of imidazole rings is 1. The molecule has 238 valence electrons. The van der Waals surface area contributed by atoms with Crippen molar-refractivity contribution in [1.82, 2.24) is 24.6 Å². The van der Waals surface area contributed by atoms with Gasteiger partial charge in [-0.2, -0.15) is 19.4 Å². The number of esters is 1. The number of carbonyl (C=O) groups is 1. The number of aromatic nitrogens is 4. The van der Waals surface area contributed by atoms with E-state index in [-0.39, 0.29) is 41.5 Å². The third-order valence-corrected chi connectivity index (χ3v) is 8.60. The van der Waals surface area contributed by atoms with Gasteiger partial charge in [0.25, 0.3) is 0 Å². The standard InChI is InChI=1S/C27H34FN6O9P/c1-3-39-23-19-22(31-26(29)32-23)34(15-30-19)24-20(35)21(36)27(28,42-24)14-40-44(38,43-18-12-8-5-9-13-18)33-16(2)25(37)41-17-10-6-4-7-11-17/h5,8-9,12-13,15-17,21,35-36H,3-4,6-7,10-11,14H2,1-2H3,(H,33,38)(H2,29,31,32)/t16?,21-,27+,44?/m0/s1. The second-order valence-electron chi connectivity index (χ2n) is 10.3. The zero-order chi connectivity index (χ0) is 31.5. The highest BCUT2D eigenvalue weighted by Crippen LogP contribution is 2.48. The van der Waals surface area contributed by atoms with Gasteiger partial charge in [-0.25, -0.2) is 14.1 Å². The SMILES string of the molecule is CCOc1nc(N)nc2c1ncn2C1=C(O)[C@H](O)[C@@](F)(COP(=O)(NC(C)C(=O)OC2CCCCC2)Oc2ccccc2)O1. The predicted octanol–water partition coefficient (Wildman–Crippen LogP) is 3.61. The van der Waals surface area contributed by atoms with Crippen molar-refractivity contribution in [3.05, 3.63) is 42.4 Å². The molecule has 0 bridgehead atoms. The Morgan fingerprint density at radius 2 is 2.00 bits per heavy atom. The molecule has 0 radical (unpaired) electrons. The Labute approximate surface area is 251 Å². The van der Waals surface area contributed by atoms with Crippen LogP contribution in [0.3, 0.4) is 0 Å². The van der Waals surface area contributed by atoms with E-state index in [2.05, 4.69) is 20.0 Å². The number of nitrogens with two attached hydrogens (primary N) is 1. The number of ether oxygens (including phenoxy) is 3. The molecule has 5 N–H and O–H groups in total. The van der Waals surface area contributed by atoms with E-state index in [0.29, 0.717) is 0 Å². The quantitative estimate of drug-likeness (QED) is 0.166. The van der Waals surface area contributed by atoms with Gasteiger partial charge in [0.2, 0.25) is 17.7 Å². The van der Waals surface area contributed by atoms with Crippen LogP contribution in [0.15, 0.2) is 42.4 Å². The number of hydrogen-bond donors (Lipinski definition) is 4. The van der Waals surface area contributed by atoms with Gasteiger partial charge in [-0.3, -0.25) is 9.32 Å². The zero-order valence-corrected chi connectivity index (χ0v) is 25.0. The van der Waals surface area contributed by atoms with Gasteiger partial charge in [-0.15, -0.1) is 0 Å². The number of carbonyl (C=O) groups excluding carboxylic acids is 1. The van der Waals surface area contributed by atoms with Crippen LogP contribution in [0, 0.1) is 0 Å². The van der Waals surface area contributed by atoms with Crippen molar-refractivity contribution in [1.29, 1.82) is 0 Å². The lowest BCUT2D eigenvalue weighted by atomic mass is 9.98. The van der Waals surface area contributed by atoms with Crippen LogP contribution in [0.2, 0.25) is 0 Å². The van der Waals surface area contributed by atoms with Gasteiger partial charge in [0.1, 0.15) is 30.8 Å². The highest BCUT2D eigenvalue weighted by molar-refractivity contribution is 7.52. The first-order chi connectivity index (χ1) is 21.0. The van der Waals surface area contributed by atoms with Crippen molar-refractivity contribution in [2.45, 2.75) is 70.1 Å². The van der Waals surface area contributed by atoms with E-state index in [1.54, 1.807) is 25.1 Å². The molecule has 5 rings (SSSR count). The van der Waals surface area contributed by atoms with E-state index in [4.69, 9.17) is 29.0 Å². The molecule has 17 heteroatoms. The molecular formula is C27H34FN6O9P. The lowest BCUT2D eigenvalue weighted by molar-refractivity contribution is -0.162. The number of fused-ring (bicyclic) bond motifs is 1. The number of benzene rings is 1. The molecule has 1 saturated carbocycles. The summed E-state index contributed by atoms with van der Waals surface area (Å²) in [6, 6.07) is 6.69. The summed E-state index contributed by atoms with van der Waals surface area (Å²) in [4.78, 5) is 25.0. The molecule has 3 heterocycles. The zero-order valence-electron chi connectivity index (χ0n) is 24.1. The fourth-order valence-electron chi connectivity index (χ4n) is 4.77. The first-order valence-electron chi connectivity index (χ1n) is 14.1. The van der Waals surface area contributed by atoms with Gasteiger partial charge in [-0.1, -0.05) is 24.6 Å². The molecular weight excluding hydrogens is 602 g/mol. The maximum absolute atomic E-state index is 16.1.